The quantitative estimate of drug-likeness (QED) is 0.795. The summed E-state index contributed by atoms with van der Waals surface area (Å²) < 4.78 is 0. The molecule has 0 unspecified atom stereocenters. The van der Waals surface area contributed by atoms with E-state index in [1.807, 2.05) is 56.3 Å². The first-order valence-electron chi connectivity index (χ1n) is 7.40. The van der Waals surface area contributed by atoms with Crippen LogP contribution < -0.4 is 5.32 Å². The van der Waals surface area contributed by atoms with E-state index in [9.17, 15) is 4.79 Å². The standard InChI is InChI=1S/C19H17N3O/c1-13-6-3-4-8-17(13)22-19(23)18-14(2)21-11-9-16(18)15-7-5-10-20-12-15/h3-12H,1-2H3,(H,22,23). The number of anilines is 1. The van der Waals surface area contributed by atoms with Crippen molar-refractivity contribution >= 4 is 11.6 Å². The molecule has 0 spiro atoms. The molecule has 4 heteroatoms. The van der Waals surface area contributed by atoms with Gasteiger partial charge in [-0.3, -0.25) is 14.8 Å². The van der Waals surface area contributed by atoms with Crippen LogP contribution in [0.4, 0.5) is 5.69 Å². The number of carbonyl (C=O) groups is 1. The lowest BCUT2D eigenvalue weighted by molar-refractivity contribution is 0.102. The molecular formula is C19H17N3O. The van der Waals surface area contributed by atoms with Crippen LogP contribution in [0.5, 0.6) is 0 Å². The van der Waals surface area contributed by atoms with Crippen LogP contribution in [0.15, 0.2) is 61.1 Å². The summed E-state index contributed by atoms with van der Waals surface area (Å²) in [7, 11) is 0. The SMILES string of the molecule is Cc1ccccc1NC(=O)c1c(-c2cccnc2)ccnc1C. The number of rotatable bonds is 3. The highest BCUT2D eigenvalue weighted by Crippen LogP contribution is 2.25. The van der Waals surface area contributed by atoms with Gasteiger partial charge < -0.3 is 5.32 Å². The molecule has 0 bridgehead atoms. The zero-order valence-corrected chi connectivity index (χ0v) is 13.1. The number of hydrogen-bond acceptors (Lipinski definition) is 3. The summed E-state index contributed by atoms with van der Waals surface area (Å²) in [5, 5.41) is 2.98. The predicted octanol–water partition coefficient (Wildman–Crippen LogP) is 4.01. The molecule has 0 aliphatic heterocycles. The van der Waals surface area contributed by atoms with E-state index < -0.39 is 0 Å². The smallest absolute Gasteiger partial charge is 0.258 e. The van der Waals surface area contributed by atoms with Crippen LogP contribution in [0.2, 0.25) is 0 Å². The van der Waals surface area contributed by atoms with Gasteiger partial charge in [-0.1, -0.05) is 24.3 Å². The van der Waals surface area contributed by atoms with Crippen molar-refractivity contribution in [3.8, 4) is 11.1 Å². The Morgan fingerprint density at radius 1 is 1.00 bits per heavy atom. The van der Waals surface area contributed by atoms with Crippen LogP contribution in [0.25, 0.3) is 11.1 Å². The van der Waals surface area contributed by atoms with Crippen LogP contribution in [0.3, 0.4) is 0 Å². The zero-order chi connectivity index (χ0) is 16.2. The van der Waals surface area contributed by atoms with Gasteiger partial charge in [0, 0.05) is 29.8 Å². The molecule has 3 rings (SSSR count). The first kappa shape index (κ1) is 14.9. The van der Waals surface area contributed by atoms with E-state index in [0.29, 0.717) is 11.3 Å². The van der Waals surface area contributed by atoms with Gasteiger partial charge in [0.15, 0.2) is 0 Å². The summed E-state index contributed by atoms with van der Waals surface area (Å²) in [6.45, 7) is 3.81. The van der Waals surface area contributed by atoms with Crippen molar-refractivity contribution in [3.05, 3.63) is 77.9 Å². The molecule has 1 amide bonds. The Morgan fingerprint density at radius 2 is 1.83 bits per heavy atom. The molecule has 0 aliphatic rings. The van der Waals surface area contributed by atoms with Crippen LogP contribution in [-0.4, -0.2) is 15.9 Å². The van der Waals surface area contributed by atoms with Crippen molar-refractivity contribution in [2.45, 2.75) is 13.8 Å². The lowest BCUT2D eigenvalue weighted by Gasteiger charge is -2.13. The van der Waals surface area contributed by atoms with E-state index in [0.717, 1.165) is 22.4 Å². The fourth-order valence-corrected chi connectivity index (χ4v) is 2.51. The minimum absolute atomic E-state index is 0.163. The van der Waals surface area contributed by atoms with Crippen LogP contribution >= 0.6 is 0 Å². The Labute approximate surface area is 135 Å². The molecule has 1 N–H and O–H groups in total. The maximum Gasteiger partial charge on any atom is 0.258 e. The van der Waals surface area contributed by atoms with E-state index in [1.165, 1.54) is 0 Å². The number of aryl methyl sites for hydroxylation is 2. The molecule has 23 heavy (non-hydrogen) atoms. The van der Waals surface area contributed by atoms with Gasteiger partial charge >= 0.3 is 0 Å². The molecule has 3 aromatic rings. The molecule has 0 radical (unpaired) electrons. The number of aromatic nitrogens is 2. The van der Waals surface area contributed by atoms with Gasteiger partial charge in [0.25, 0.3) is 5.91 Å². The van der Waals surface area contributed by atoms with Gasteiger partial charge in [-0.05, 0) is 43.2 Å². The lowest BCUT2D eigenvalue weighted by Crippen LogP contribution is -2.16. The molecule has 0 atom stereocenters. The third-order valence-corrected chi connectivity index (χ3v) is 3.73. The van der Waals surface area contributed by atoms with Crippen LogP contribution in [0, 0.1) is 13.8 Å². The molecule has 1 aromatic carbocycles. The number of carbonyl (C=O) groups excluding carboxylic acids is 1. The van der Waals surface area contributed by atoms with Crippen molar-refractivity contribution in [3.63, 3.8) is 0 Å². The maximum absolute atomic E-state index is 12.8. The molecule has 0 aliphatic carbocycles. The summed E-state index contributed by atoms with van der Waals surface area (Å²) in [5.41, 5.74) is 4.81. The van der Waals surface area contributed by atoms with Gasteiger partial charge in [0.1, 0.15) is 0 Å². The minimum Gasteiger partial charge on any atom is -0.322 e. The van der Waals surface area contributed by atoms with Gasteiger partial charge in [0.05, 0.1) is 11.3 Å². The van der Waals surface area contributed by atoms with E-state index in [1.54, 1.807) is 18.6 Å². The van der Waals surface area contributed by atoms with Crippen LogP contribution in [0.1, 0.15) is 21.6 Å². The Bertz CT molecular complexity index is 844. The summed E-state index contributed by atoms with van der Waals surface area (Å²) in [5.74, 6) is -0.163. The second-order valence-electron chi connectivity index (χ2n) is 5.33. The average molecular weight is 303 g/mol. The Morgan fingerprint density at radius 3 is 2.57 bits per heavy atom. The van der Waals surface area contributed by atoms with Crippen molar-refractivity contribution in [1.82, 2.24) is 9.97 Å². The third kappa shape index (κ3) is 3.11. The molecule has 2 aromatic heterocycles. The van der Waals surface area contributed by atoms with Crippen molar-refractivity contribution in [1.29, 1.82) is 0 Å². The number of hydrogen-bond donors (Lipinski definition) is 1. The second kappa shape index (κ2) is 6.40. The Kier molecular flexibility index (Phi) is 4.15. The Balaban J connectivity index is 2.03. The number of amides is 1. The summed E-state index contributed by atoms with van der Waals surface area (Å²) in [6.07, 6.45) is 5.17. The third-order valence-electron chi connectivity index (χ3n) is 3.73. The van der Waals surface area contributed by atoms with E-state index in [4.69, 9.17) is 0 Å². The van der Waals surface area contributed by atoms with Gasteiger partial charge in [-0.15, -0.1) is 0 Å². The number of nitrogens with one attached hydrogen (secondary N) is 1. The molecular weight excluding hydrogens is 286 g/mol. The van der Waals surface area contributed by atoms with Crippen molar-refractivity contribution < 1.29 is 4.79 Å². The molecule has 0 fully saturated rings. The fraction of sp³-hybridized carbons (Fsp3) is 0.105. The molecule has 2 heterocycles. The average Bonchev–Trinajstić information content (AvgIpc) is 2.57. The van der Waals surface area contributed by atoms with Crippen molar-refractivity contribution in [2.24, 2.45) is 0 Å². The monoisotopic (exact) mass is 303 g/mol. The van der Waals surface area contributed by atoms with Gasteiger partial charge in [-0.2, -0.15) is 0 Å². The largest absolute Gasteiger partial charge is 0.322 e. The fourth-order valence-electron chi connectivity index (χ4n) is 2.51. The zero-order valence-electron chi connectivity index (χ0n) is 13.1. The predicted molar refractivity (Wildman–Crippen MR) is 91.3 cm³/mol. The molecule has 0 saturated carbocycles. The van der Waals surface area contributed by atoms with E-state index in [-0.39, 0.29) is 5.91 Å². The molecule has 114 valence electrons. The number of benzene rings is 1. The molecule has 0 saturated heterocycles. The van der Waals surface area contributed by atoms with E-state index in [2.05, 4.69) is 15.3 Å². The van der Waals surface area contributed by atoms with Crippen LogP contribution in [-0.2, 0) is 0 Å². The second-order valence-corrected chi connectivity index (χ2v) is 5.33. The highest BCUT2D eigenvalue weighted by molar-refractivity contribution is 6.09. The van der Waals surface area contributed by atoms with Gasteiger partial charge in [0.2, 0.25) is 0 Å². The number of nitrogens with zero attached hydrogens (tertiary/aromatic N) is 2. The first-order chi connectivity index (χ1) is 11.2. The summed E-state index contributed by atoms with van der Waals surface area (Å²) >= 11 is 0. The highest BCUT2D eigenvalue weighted by atomic mass is 16.1. The summed E-state index contributed by atoms with van der Waals surface area (Å²) in [4.78, 5) is 21.2. The first-order valence-corrected chi connectivity index (χ1v) is 7.40. The minimum atomic E-state index is -0.163. The normalized spacial score (nSPS) is 10.3. The maximum atomic E-state index is 12.8. The number of pyridine rings is 2. The van der Waals surface area contributed by atoms with Crippen molar-refractivity contribution in [2.75, 3.05) is 5.32 Å². The highest BCUT2D eigenvalue weighted by Gasteiger charge is 2.17. The topological polar surface area (TPSA) is 54.9 Å². The number of para-hydroxylation sites is 1. The van der Waals surface area contributed by atoms with Gasteiger partial charge in [-0.25, -0.2) is 0 Å². The lowest BCUT2D eigenvalue weighted by atomic mass is 10.00. The Hall–Kier alpha value is -3.01. The molecule has 4 nitrogen and oxygen atoms in total. The summed E-state index contributed by atoms with van der Waals surface area (Å²) in [6, 6.07) is 13.3. The van der Waals surface area contributed by atoms with E-state index >= 15 is 0 Å².